The van der Waals surface area contributed by atoms with E-state index >= 15 is 0 Å². The van der Waals surface area contributed by atoms with Crippen LogP contribution in [0.15, 0.2) is 36.4 Å². The normalized spacial score (nSPS) is 21.9. The van der Waals surface area contributed by atoms with Crippen LogP contribution in [0.5, 0.6) is 0 Å². The highest BCUT2D eigenvalue weighted by Crippen LogP contribution is 2.27. The Balaban J connectivity index is 2.10. The molecule has 1 aliphatic carbocycles. The molecule has 5 heteroatoms. The van der Waals surface area contributed by atoms with E-state index in [9.17, 15) is 9.59 Å². The first-order valence-electron chi connectivity index (χ1n) is 6.02. The Labute approximate surface area is 125 Å². The fraction of sp³-hybridized carbons (Fsp3) is 0.286. The number of hydrogen-bond donors (Lipinski definition) is 2. The average Bonchev–Trinajstić information content (AvgIpc) is 2.38. The quantitative estimate of drug-likeness (QED) is 0.634. The fourth-order valence-electron chi connectivity index (χ4n) is 2.18. The van der Waals surface area contributed by atoms with Crippen LogP contribution in [0.1, 0.15) is 12.8 Å². The predicted octanol–water partition coefficient (Wildman–Crippen LogP) is 2.90. The molecule has 1 aliphatic rings. The smallest absolute Gasteiger partial charge is 0.307 e. The number of carbonyl (C=O) groups is 2. The first-order valence-corrected chi connectivity index (χ1v) is 7.10. The fourth-order valence-corrected chi connectivity index (χ4v) is 2.72. The van der Waals surface area contributed by atoms with E-state index in [1.165, 1.54) is 0 Å². The summed E-state index contributed by atoms with van der Waals surface area (Å²) in [6, 6.07) is 7.44. The van der Waals surface area contributed by atoms with Crippen LogP contribution in [0.2, 0.25) is 0 Å². The van der Waals surface area contributed by atoms with Gasteiger partial charge in [0.15, 0.2) is 0 Å². The summed E-state index contributed by atoms with van der Waals surface area (Å²) >= 11 is 2.16. The topological polar surface area (TPSA) is 66.4 Å². The maximum Gasteiger partial charge on any atom is 0.307 e. The van der Waals surface area contributed by atoms with Gasteiger partial charge in [-0.1, -0.05) is 18.2 Å². The van der Waals surface area contributed by atoms with Crippen LogP contribution in [-0.2, 0) is 9.59 Å². The van der Waals surface area contributed by atoms with Crippen LogP contribution < -0.4 is 5.32 Å². The van der Waals surface area contributed by atoms with Crippen molar-refractivity contribution in [3.05, 3.63) is 40.0 Å². The van der Waals surface area contributed by atoms with Crippen molar-refractivity contribution >= 4 is 40.2 Å². The van der Waals surface area contributed by atoms with Crippen LogP contribution in [-0.4, -0.2) is 17.0 Å². The van der Waals surface area contributed by atoms with Gasteiger partial charge in [0.05, 0.1) is 11.8 Å². The molecule has 0 aliphatic heterocycles. The number of benzene rings is 1. The molecule has 100 valence electrons. The Hall–Kier alpha value is -1.37. The molecule has 0 saturated heterocycles. The molecular formula is C14H14INO3. The minimum absolute atomic E-state index is 0.223. The number of hydrogen-bond acceptors (Lipinski definition) is 2. The third-order valence-corrected chi connectivity index (χ3v) is 3.85. The lowest BCUT2D eigenvalue weighted by atomic mass is 9.82. The third-order valence-electron chi connectivity index (χ3n) is 3.18. The zero-order valence-corrected chi connectivity index (χ0v) is 12.3. The number of carboxylic acids is 1. The first kappa shape index (κ1) is 14.0. The van der Waals surface area contributed by atoms with E-state index in [4.69, 9.17) is 5.11 Å². The number of carboxylic acid groups (broad SMARTS) is 1. The van der Waals surface area contributed by atoms with Gasteiger partial charge in [-0.15, -0.1) is 0 Å². The molecule has 0 aromatic heterocycles. The van der Waals surface area contributed by atoms with Gasteiger partial charge in [-0.2, -0.15) is 0 Å². The lowest BCUT2D eigenvalue weighted by Gasteiger charge is -2.24. The number of nitrogens with one attached hydrogen (secondary N) is 1. The molecule has 2 atom stereocenters. The Bertz CT molecular complexity index is 527. The van der Waals surface area contributed by atoms with Crippen molar-refractivity contribution in [3.63, 3.8) is 0 Å². The molecule has 2 N–H and O–H groups in total. The second kappa shape index (κ2) is 6.18. The minimum Gasteiger partial charge on any atom is -0.481 e. The number of halogens is 1. The number of rotatable bonds is 3. The monoisotopic (exact) mass is 371 g/mol. The van der Waals surface area contributed by atoms with Gasteiger partial charge >= 0.3 is 5.97 Å². The van der Waals surface area contributed by atoms with Gasteiger partial charge < -0.3 is 10.4 Å². The lowest BCUT2D eigenvalue weighted by Crippen LogP contribution is -2.34. The van der Waals surface area contributed by atoms with E-state index in [2.05, 4.69) is 27.9 Å². The zero-order chi connectivity index (χ0) is 13.8. The molecule has 1 aromatic carbocycles. The van der Waals surface area contributed by atoms with Crippen molar-refractivity contribution in [3.8, 4) is 0 Å². The molecule has 1 amide bonds. The molecule has 0 heterocycles. The Morgan fingerprint density at radius 3 is 2.53 bits per heavy atom. The number of aliphatic carboxylic acids is 1. The summed E-state index contributed by atoms with van der Waals surface area (Å²) in [6.45, 7) is 0. The summed E-state index contributed by atoms with van der Waals surface area (Å²) in [4.78, 5) is 23.3. The summed E-state index contributed by atoms with van der Waals surface area (Å²) in [5, 5.41) is 11.9. The van der Waals surface area contributed by atoms with Crippen molar-refractivity contribution in [2.45, 2.75) is 12.8 Å². The van der Waals surface area contributed by atoms with E-state index in [1.54, 1.807) is 6.07 Å². The van der Waals surface area contributed by atoms with Crippen molar-refractivity contribution in [1.82, 2.24) is 0 Å². The first-order chi connectivity index (χ1) is 9.08. The predicted molar refractivity (Wildman–Crippen MR) is 80.8 cm³/mol. The number of allylic oxidation sites excluding steroid dienone is 2. The molecule has 19 heavy (non-hydrogen) atoms. The maximum atomic E-state index is 12.2. The molecule has 4 nitrogen and oxygen atoms in total. The van der Waals surface area contributed by atoms with E-state index in [0.717, 1.165) is 3.57 Å². The van der Waals surface area contributed by atoms with Gasteiger partial charge in [-0.05, 0) is 53.6 Å². The van der Waals surface area contributed by atoms with Crippen molar-refractivity contribution in [2.75, 3.05) is 5.32 Å². The highest BCUT2D eigenvalue weighted by molar-refractivity contribution is 14.1. The molecule has 0 unspecified atom stereocenters. The van der Waals surface area contributed by atoms with Crippen LogP contribution >= 0.6 is 22.6 Å². The van der Waals surface area contributed by atoms with Crippen LogP contribution in [0.3, 0.4) is 0 Å². The SMILES string of the molecule is O=C(O)[C@@H]1CC=CC[C@H]1C(=O)Nc1cccc(I)c1. The van der Waals surface area contributed by atoms with Crippen molar-refractivity contribution < 1.29 is 14.7 Å². The van der Waals surface area contributed by atoms with E-state index in [1.807, 2.05) is 30.4 Å². The molecule has 0 radical (unpaired) electrons. The number of carbonyl (C=O) groups excluding carboxylic acids is 1. The van der Waals surface area contributed by atoms with Crippen molar-refractivity contribution in [2.24, 2.45) is 11.8 Å². The third kappa shape index (κ3) is 3.56. The van der Waals surface area contributed by atoms with Crippen LogP contribution in [0.4, 0.5) is 5.69 Å². The van der Waals surface area contributed by atoms with Gasteiger partial charge in [0.25, 0.3) is 0 Å². The number of amides is 1. The summed E-state index contributed by atoms with van der Waals surface area (Å²) in [6.07, 6.45) is 4.60. The van der Waals surface area contributed by atoms with E-state index in [0.29, 0.717) is 18.5 Å². The molecular weight excluding hydrogens is 357 g/mol. The zero-order valence-electron chi connectivity index (χ0n) is 10.2. The molecule has 2 rings (SSSR count). The molecule has 0 fully saturated rings. The maximum absolute atomic E-state index is 12.2. The lowest BCUT2D eigenvalue weighted by molar-refractivity contribution is -0.146. The minimum atomic E-state index is -0.910. The van der Waals surface area contributed by atoms with Gasteiger partial charge in [-0.25, -0.2) is 0 Å². The van der Waals surface area contributed by atoms with Crippen LogP contribution in [0.25, 0.3) is 0 Å². The second-order valence-corrected chi connectivity index (χ2v) is 5.74. The Morgan fingerprint density at radius 2 is 1.89 bits per heavy atom. The molecule has 1 aromatic rings. The summed E-state index contributed by atoms with van der Waals surface area (Å²) < 4.78 is 1.02. The van der Waals surface area contributed by atoms with Crippen molar-refractivity contribution in [1.29, 1.82) is 0 Å². The second-order valence-electron chi connectivity index (χ2n) is 4.49. The molecule has 0 bridgehead atoms. The Kier molecular flexibility index (Phi) is 4.57. The van der Waals surface area contributed by atoms with Gasteiger partial charge in [0.1, 0.15) is 0 Å². The standard InChI is InChI=1S/C14H14INO3/c15-9-4-3-5-10(8-9)16-13(17)11-6-1-2-7-12(11)14(18)19/h1-5,8,11-12H,6-7H2,(H,16,17)(H,18,19)/t11-,12-/m1/s1. The average molecular weight is 371 g/mol. The molecule has 0 spiro atoms. The summed E-state index contributed by atoms with van der Waals surface area (Å²) in [7, 11) is 0. The summed E-state index contributed by atoms with van der Waals surface area (Å²) in [5.74, 6) is -2.26. The van der Waals surface area contributed by atoms with Crippen LogP contribution in [0, 0.1) is 15.4 Å². The highest BCUT2D eigenvalue weighted by Gasteiger charge is 2.33. The van der Waals surface area contributed by atoms with Gasteiger partial charge in [-0.3, -0.25) is 9.59 Å². The number of anilines is 1. The highest BCUT2D eigenvalue weighted by atomic mass is 127. The summed E-state index contributed by atoms with van der Waals surface area (Å²) in [5.41, 5.74) is 0.704. The van der Waals surface area contributed by atoms with Gasteiger partial charge in [0.2, 0.25) is 5.91 Å². The van der Waals surface area contributed by atoms with E-state index in [-0.39, 0.29) is 5.91 Å². The molecule has 0 saturated carbocycles. The van der Waals surface area contributed by atoms with E-state index < -0.39 is 17.8 Å². The largest absolute Gasteiger partial charge is 0.481 e. The van der Waals surface area contributed by atoms with Gasteiger partial charge in [0, 0.05) is 9.26 Å². The Morgan fingerprint density at radius 1 is 1.21 bits per heavy atom.